The normalized spacial score (nSPS) is 10.2. The number of anilines is 1. The number of nitrogens with zero attached hydrogens (tertiary/aromatic N) is 1. The van der Waals surface area contributed by atoms with Crippen molar-refractivity contribution in [2.45, 2.75) is 13.5 Å². The van der Waals surface area contributed by atoms with Crippen LogP contribution < -0.4 is 5.32 Å². The Balaban J connectivity index is 1.97. The zero-order chi connectivity index (χ0) is 9.10. The molecule has 4 heteroatoms. The Morgan fingerprint density at radius 2 is 2.54 bits per heavy atom. The molecule has 2 rings (SSSR count). The van der Waals surface area contributed by atoms with Gasteiger partial charge in [0, 0.05) is 12.1 Å². The van der Waals surface area contributed by atoms with E-state index in [0.29, 0.717) is 0 Å². The lowest BCUT2D eigenvalue weighted by Gasteiger charge is -1.99. The molecule has 68 valence electrons. The summed E-state index contributed by atoms with van der Waals surface area (Å²) in [6.45, 7) is 2.77. The van der Waals surface area contributed by atoms with Crippen molar-refractivity contribution >= 4 is 17.2 Å². The predicted molar refractivity (Wildman–Crippen MR) is 52.9 cm³/mol. The highest BCUT2D eigenvalue weighted by Gasteiger charge is 2.01. The van der Waals surface area contributed by atoms with Gasteiger partial charge in [-0.05, 0) is 29.3 Å². The van der Waals surface area contributed by atoms with E-state index >= 15 is 0 Å². The molecule has 13 heavy (non-hydrogen) atoms. The fourth-order valence-electron chi connectivity index (χ4n) is 1.04. The zero-order valence-corrected chi connectivity index (χ0v) is 8.10. The highest BCUT2D eigenvalue weighted by Crippen LogP contribution is 2.13. The van der Waals surface area contributed by atoms with Crippen molar-refractivity contribution in [3.05, 3.63) is 34.2 Å². The molecule has 0 radical (unpaired) electrons. The van der Waals surface area contributed by atoms with Crippen molar-refractivity contribution in [3.63, 3.8) is 0 Å². The van der Waals surface area contributed by atoms with E-state index in [9.17, 15) is 0 Å². The average Bonchev–Trinajstić information content (AvgIpc) is 2.72. The van der Waals surface area contributed by atoms with Crippen molar-refractivity contribution in [2.24, 2.45) is 0 Å². The molecule has 0 unspecified atom stereocenters. The molecule has 2 aromatic rings. The van der Waals surface area contributed by atoms with E-state index in [0.717, 1.165) is 17.9 Å². The van der Waals surface area contributed by atoms with Gasteiger partial charge < -0.3 is 9.84 Å². The summed E-state index contributed by atoms with van der Waals surface area (Å²) in [5, 5.41) is 11.2. The second kappa shape index (κ2) is 3.62. The standard InChI is InChI=1S/C9H10N2OS/c1-7-5-12-11-9(7)10-4-8-2-3-13-6-8/h2-3,5-6H,4H2,1H3,(H,10,11). The molecule has 0 fully saturated rings. The number of aryl methyl sites for hydroxylation is 1. The van der Waals surface area contributed by atoms with Crippen molar-refractivity contribution in [1.29, 1.82) is 0 Å². The molecule has 2 heterocycles. The van der Waals surface area contributed by atoms with Crippen molar-refractivity contribution in [2.75, 3.05) is 5.32 Å². The number of nitrogens with one attached hydrogen (secondary N) is 1. The Kier molecular flexibility index (Phi) is 2.31. The lowest BCUT2D eigenvalue weighted by molar-refractivity contribution is 0.421. The molecule has 0 aliphatic rings. The minimum absolute atomic E-state index is 0.802. The predicted octanol–water partition coefficient (Wildman–Crippen LogP) is 2.66. The van der Waals surface area contributed by atoms with Crippen molar-refractivity contribution < 1.29 is 4.52 Å². The molecule has 0 saturated heterocycles. The maximum atomic E-state index is 4.81. The summed E-state index contributed by atoms with van der Waals surface area (Å²) >= 11 is 1.70. The van der Waals surface area contributed by atoms with Gasteiger partial charge in [-0.1, -0.05) is 5.16 Å². The lowest BCUT2D eigenvalue weighted by Crippen LogP contribution is -1.99. The van der Waals surface area contributed by atoms with Gasteiger partial charge in [0.2, 0.25) is 0 Å². The zero-order valence-electron chi connectivity index (χ0n) is 7.28. The largest absolute Gasteiger partial charge is 0.363 e. The molecule has 0 saturated carbocycles. The highest BCUT2D eigenvalue weighted by atomic mass is 32.1. The van der Waals surface area contributed by atoms with Crippen LogP contribution in [0, 0.1) is 6.92 Å². The third-order valence-corrected chi connectivity index (χ3v) is 2.52. The van der Waals surface area contributed by atoms with E-state index in [1.54, 1.807) is 17.6 Å². The van der Waals surface area contributed by atoms with Gasteiger partial charge in [0.05, 0.1) is 0 Å². The number of hydrogen-bond acceptors (Lipinski definition) is 4. The van der Waals surface area contributed by atoms with E-state index in [-0.39, 0.29) is 0 Å². The molecule has 0 atom stereocenters. The van der Waals surface area contributed by atoms with Gasteiger partial charge in [-0.3, -0.25) is 0 Å². The smallest absolute Gasteiger partial charge is 0.172 e. The first-order chi connectivity index (χ1) is 6.36. The molecule has 0 aliphatic carbocycles. The molecule has 3 nitrogen and oxygen atoms in total. The summed E-state index contributed by atoms with van der Waals surface area (Å²) in [5.74, 6) is 0.825. The van der Waals surface area contributed by atoms with Crippen LogP contribution in [0.2, 0.25) is 0 Å². The molecule has 0 bridgehead atoms. The molecule has 0 aliphatic heterocycles. The Morgan fingerprint density at radius 1 is 1.62 bits per heavy atom. The topological polar surface area (TPSA) is 38.1 Å². The van der Waals surface area contributed by atoms with Gasteiger partial charge >= 0.3 is 0 Å². The quantitative estimate of drug-likeness (QED) is 0.816. The Labute approximate surface area is 80.4 Å². The first-order valence-corrected chi connectivity index (χ1v) is 4.96. The second-order valence-electron chi connectivity index (χ2n) is 2.83. The molecule has 0 aromatic carbocycles. The van der Waals surface area contributed by atoms with E-state index in [1.165, 1.54) is 5.56 Å². The molecular formula is C9H10N2OS. The summed E-state index contributed by atoms with van der Waals surface area (Å²) in [7, 11) is 0. The molecule has 2 aromatic heterocycles. The average molecular weight is 194 g/mol. The van der Waals surface area contributed by atoms with Crippen molar-refractivity contribution in [3.8, 4) is 0 Å². The van der Waals surface area contributed by atoms with Gasteiger partial charge in [0.25, 0.3) is 0 Å². The monoisotopic (exact) mass is 194 g/mol. The lowest BCUT2D eigenvalue weighted by atomic mass is 10.3. The van der Waals surface area contributed by atoms with Crippen LogP contribution in [0.1, 0.15) is 11.1 Å². The molecule has 0 spiro atoms. The second-order valence-corrected chi connectivity index (χ2v) is 3.61. The first-order valence-electron chi connectivity index (χ1n) is 4.02. The Bertz CT molecular complexity index is 367. The van der Waals surface area contributed by atoms with Crippen LogP contribution in [0.15, 0.2) is 27.6 Å². The fourth-order valence-corrected chi connectivity index (χ4v) is 1.71. The van der Waals surface area contributed by atoms with Gasteiger partial charge in [-0.25, -0.2) is 0 Å². The van der Waals surface area contributed by atoms with Crippen molar-refractivity contribution in [1.82, 2.24) is 5.16 Å². The van der Waals surface area contributed by atoms with E-state index in [1.807, 2.05) is 6.92 Å². The minimum Gasteiger partial charge on any atom is -0.363 e. The third-order valence-electron chi connectivity index (χ3n) is 1.79. The summed E-state index contributed by atoms with van der Waals surface area (Å²) in [4.78, 5) is 0. The first kappa shape index (κ1) is 8.31. The maximum absolute atomic E-state index is 4.81. The van der Waals surface area contributed by atoms with E-state index < -0.39 is 0 Å². The van der Waals surface area contributed by atoms with E-state index in [4.69, 9.17) is 4.52 Å². The van der Waals surface area contributed by atoms with Gasteiger partial charge in [0.1, 0.15) is 6.26 Å². The molecular weight excluding hydrogens is 184 g/mol. The fraction of sp³-hybridized carbons (Fsp3) is 0.222. The maximum Gasteiger partial charge on any atom is 0.172 e. The third kappa shape index (κ3) is 1.89. The number of thiophene rings is 1. The number of aromatic nitrogens is 1. The van der Waals surface area contributed by atoms with Gasteiger partial charge in [-0.15, -0.1) is 0 Å². The highest BCUT2D eigenvalue weighted by molar-refractivity contribution is 7.07. The number of rotatable bonds is 3. The van der Waals surface area contributed by atoms with Crippen LogP contribution in [0.5, 0.6) is 0 Å². The number of hydrogen-bond donors (Lipinski definition) is 1. The molecule has 1 N–H and O–H groups in total. The molecule has 0 amide bonds. The summed E-state index contributed by atoms with van der Waals surface area (Å²) in [5.41, 5.74) is 2.31. The Hall–Kier alpha value is -1.29. The summed E-state index contributed by atoms with van der Waals surface area (Å²) in [6, 6.07) is 2.09. The SMILES string of the molecule is Cc1conc1NCc1ccsc1. The van der Waals surface area contributed by atoms with Crippen LogP contribution in [0.4, 0.5) is 5.82 Å². The summed E-state index contributed by atoms with van der Waals surface area (Å²) in [6.07, 6.45) is 1.63. The van der Waals surface area contributed by atoms with Crippen LogP contribution >= 0.6 is 11.3 Å². The van der Waals surface area contributed by atoms with E-state index in [2.05, 4.69) is 27.3 Å². The Morgan fingerprint density at radius 3 is 3.15 bits per heavy atom. The summed E-state index contributed by atoms with van der Waals surface area (Å²) < 4.78 is 4.81. The van der Waals surface area contributed by atoms with Gasteiger partial charge in [0.15, 0.2) is 5.82 Å². The van der Waals surface area contributed by atoms with Gasteiger partial charge in [-0.2, -0.15) is 11.3 Å². The van der Waals surface area contributed by atoms with Crippen LogP contribution in [0.3, 0.4) is 0 Å². The van der Waals surface area contributed by atoms with Crippen LogP contribution in [-0.2, 0) is 6.54 Å². The van der Waals surface area contributed by atoms with Crippen LogP contribution in [-0.4, -0.2) is 5.16 Å². The van der Waals surface area contributed by atoms with Crippen LogP contribution in [0.25, 0.3) is 0 Å². The minimum atomic E-state index is 0.802.